The van der Waals surface area contributed by atoms with E-state index in [-0.39, 0.29) is 17.3 Å². The molecule has 1 aliphatic heterocycles. The highest BCUT2D eigenvalue weighted by atomic mass is 35.5. The van der Waals surface area contributed by atoms with Crippen LogP contribution in [-0.2, 0) is 9.53 Å². The van der Waals surface area contributed by atoms with Crippen LogP contribution in [0.1, 0.15) is 28.9 Å². The Labute approximate surface area is 161 Å². The first kappa shape index (κ1) is 18.8. The fourth-order valence-corrected chi connectivity index (χ4v) is 2.70. The topological polar surface area (TPSA) is 99.9 Å². The van der Waals surface area contributed by atoms with Crippen LogP contribution in [0, 0.1) is 0 Å². The van der Waals surface area contributed by atoms with E-state index in [0.29, 0.717) is 29.7 Å². The summed E-state index contributed by atoms with van der Waals surface area (Å²) in [6, 6.07) is 9.56. The molecule has 0 fully saturated rings. The van der Waals surface area contributed by atoms with Crippen molar-refractivity contribution in [3.63, 3.8) is 0 Å². The predicted molar refractivity (Wildman–Crippen MR) is 100 cm³/mol. The molecule has 8 heteroatoms. The van der Waals surface area contributed by atoms with Gasteiger partial charge in [0.2, 0.25) is 0 Å². The van der Waals surface area contributed by atoms with Gasteiger partial charge in [-0.3, -0.25) is 4.79 Å². The summed E-state index contributed by atoms with van der Waals surface area (Å²) < 4.78 is 16.0. The number of rotatable bonds is 5. The molecule has 1 aliphatic rings. The van der Waals surface area contributed by atoms with Gasteiger partial charge < -0.3 is 25.3 Å². The average molecular weight is 391 g/mol. The van der Waals surface area contributed by atoms with E-state index >= 15 is 0 Å². The summed E-state index contributed by atoms with van der Waals surface area (Å²) in [6.45, 7) is 2.42. The number of hydrogen-bond donors (Lipinski definition) is 2. The molecule has 0 radical (unpaired) electrons. The number of amides is 1. The van der Waals surface area contributed by atoms with Crippen molar-refractivity contribution in [3.8, 4) is 11.5 Å². The maximum absolute atomic E-state index is 12.1. The minimum absolute atomic E-state index is 0.226. The third-order valence-electron chi connectivity index (χ3n) is 4.01. The quantitative estimate of drug-likeness (QED) is 0.601. The molecular weight excluding hydrogens is 372 g/mol. The van der Waals surface area contributed by atoms with Gasteiger partial charge in [0.15, 0.2) is 18.1 Å². The first-order chi connectivity index (χ1) is 12.9. The Morgan fingerprint density at radius 3 is 2.67 bits per heavy atom. The number of anilines is 1. The highest BCUT2D eigenvalue weighted by Gasteiger charge is 2.17. The van der Waals surface area contributed by atoms with Crippen molar-refractivity contribution < 1.29 is 23.8 Å². The summed E-state index contributed by atoms with van der Waals surface area (Å²) in [5.74, 6) is 0.250. The fourth-order valence-electron chi connectivity index (χ4n) is 2.58. The molecule has 0 aromatic heterocycles. The number of nitrogens with two attached hydrogens (primary N) is 1. The van der Waals surface area contributed by atoms with E-state index in [1.165, 1.54) is 18.2 Å². The number of benzene rings is 2. The van der Waals surface area contributed by atoms with Gasteiger partial charge >= 0.3 is 5.97 Å². The van der Waals surface area contributed by atoms with Gasteiger partial charge in [0.1, 0.15) is 13.2 Å². The van der Waals surface area contributed by atoms with E-state index in [0.717, 1.165) is 5.56 Å². The largest absolute Gasteiger partial charge is 0.486 e. The lowest BCUT2D eigenvalue weighted by atomic mass is 10.1. The summed E-state index contributed by atoms with van der Waals surface area (Å²) in [5, 5.41) is 3.12. The molecule has 142 valence electrons. The summed E-state index contributed by atoms with van der Waals surface area (Å²) in [5.41, 5.74) is 7.00. The molecule has 0 saturated heterocycles. The Kier molecular flexibility index (Phi) is 5.71. The highest BCUT2D eigenvalue weighted by molar-refractivity contribution is 6.33. The van der Waals surface area contributed by atoms with E-state index in [9.17, 15) is 9.59 Å². The van der Waals surface area contributed by atoms with Crippen LogP contribution in [0.3, 0.4) is 0 Å². The fraction of sp³-hybridized carbons (Fsp3) is 0.263. The van der Waals surface area contributed by atoms with Gasteiger partial charge in [0.25, 0.3) is 5.91 Å². The summed E-state index contributed by atoms with van der Waals surface area (Å²) >= 11 is 5.81. The molecule has 0 spiro atoms. The minimum atomic E-state index is -0.652. The second-order valence-electron chi connectivity index (χ2n) is 6.00. The standard InChI is InChI=1S/C19H19ClN2O5/c1-11(12-3-5-16-17(9-12)26-7-6-25-16)22-18(23)10-27-19(24)13-2-4-14(20)15(21)8-13/h2-5,8-9,11H,6-7,10,21H2,1H3,(H,22,23). The Morgan fingerprint density at radius 1 is 1.19 bits per heavy atom. The Hall–Kier alpha value is -2.93. The van der Waals surface area contributed by atoms with Crippen molar-refractivity contribution in [2.45, 2.75) is 13.0 Å². The molecule has 2 aromatic carbocycles. The Bertz CT molecular complexity index is 871. The van der Waals surface area contributed by atoms with E-state index < -0.39 is 18.5 Å². The van der Waals surface area contributed by atoms with Gasteiger partial charge in [-0.25, -0.2) is 4.79 Å². The van der Waals surface area contributed by atoms with Gasteiger partial charge in [0, 0.05) is 0 Å². The first-order valence-electron chi connectivity index (χ1n) is 8.35. The number of halogens is 1. The van der Waals surface area contributed by atoms with Crippen LogP contribution in [0.15, 0.2) is 36.4 Å². The zero-order valence-electron chi connectivity index (χ0n) is 14.7. The van der Waals surface area contributed by atoms with Crippen LogP contribution in [0.2, 0.25) is 5.02 Å². The molecule has 27 heavy (non-hydrogen) atoms. The van der Waals surface area contributed by atoms with Crippen LogP contribution in [0.25, 0.3) is 0 Å². The second kappa shape index (κ2) is 8.18. The van der Waals surface area contributed by atoms with E-state index in [1.807, 2.05) is 19.1 Å². The van der Waals surface area contributed by atoms with Crippen molar-refractivity contribution in [2.75, 3.05) is 25.6 Å². The maximum Gasteiger partial charge on any atom is 0.338 e. The van der Waals surface area contributed by atoms with Crippen LogP contribution in [0.4, 0.5) is 5.69 Å². The SMILES string of the molecule is CC(NC(=O)COC(=O)c1ccc(Cl)c(N)c1)c1ccc2c(c1)OCCO2. The smallest absolute Gasteiger partial charge is 0.338 e. The lowest BCUT2D eigenvalue weighted by Gasteiger charge is -2.21. The molecule has 1 atom stereocenters. The number of ether oxygens (including phenoxy) is 3. The van der Waals surface area contributed by atoms with Crippen LogP contribution < -0.4 is 20.5 Å². The summed E-state index contributed by atoms with van der Waals surface area (Å²) in [6.07, 6.45) is 0. The molecule has 3 rings (SSSR count). The van der Waals surface area contributed by atoms with Crippen LogP contribution in [-0.4, -0.2) is 31.7 Å². The zero-order chi connectivity index (χ0) is 19.4. The number of carbonyl (C=O) groups is 2. The number of nitrogen functional groups attached to an aromatic ring is 1. The van der Waals surface area contributed by atoms with Crippen molar-refractivity contribution in [2.24, 2.45) is 0 Å². The average Bonchev–Trinajstić information content (AvgIpc) is 2.67. The Balaban J connectivity index is 1.54. The number of esters is 1. The van der Waals surface area contributed by atoms with Gasteiger partial charge in [0.05, 0.1) is 22.3 Å². The normalized spacial score (nSPS) is 13.6. The monoisotopic (exact) mass is 390 g/mol. The third kappa shape index (κ3) is 4.62. The van der Waals surface area contributed by atoms with Crippen molar-refractivity contribution >= 4 is 29.2 Å². The van der Waals surface area contributed by atoms with E-state index in [2.05, 4.69) is 5.32 Å². The minimum Gasteiger partial charge on any atom is -0.486 e. The number of hydrogen-bond acceptors (Lipinski definition) is 6. The molecule has 1 heterocycles. The maximum atomic E-state index is 12.1. The van der Waals surface area contributed by atoms with Gasteiger partial charge in [-0.15, -0.1) is 0 Å². The molecule has 1 amide bonds. The Morgan fingerprint density at radius 2 is 1.93 bits per heavy atom. The molecule has 1 unspecified atom stereocenters. The molecule has 3 N–H and O–H groups in total. The van der Waals surface area contributed by atoms with Gasteiger partial charge in [-0.2, -0.15) is 0 Å². The van der Waals surface area contributed by atoms with E-state index in [4.69, 9.17) is 31.5 Å². The lowest BCUT2D eigenvalue weighted by Crippen LogP contribution is -2.31. The van der Waals surface area contributed by atoms with Crippen molar-refractivity contribution in [3.05, 3.63) is 52.5 Å². The molecule has 2 aromatic rings. The summed E-state index contributed by atoms with van der Waals surface area (Å²) in [4.78, 5) is 24.1. The second-order valence-corrected chi connectivity index (χ2v) is 6.41. The molecular formula is C19H19ClN2O5. The van der Waals surface area contributed by atoms with Gasteiger partial charge in [-0.05, 0) is 42.8 Å². The first-order valence-corrected chi connectivity index (χ1v) is 8.73. The van der Waals surface area contributed by atoms with Crippen molar-refractivity contribution in [1.29, 1.82) is 0 Å². The van der Waals surface area contributed by atoms with E-state index in [1.54, 1.807) is 6.07 Å². The van der Waals surface area contributed by atoms with Crippen LogP contribution in [0.5, 0.6) is 11.5 Å². The highest BCUT2D eigenvalue weighted by Crippen LogP contribution is 2.32. The predicted octanol–water partition coefficient (Wildman–Crippen LogP) is 2.73. The lowest BCUT2D eigenvalue weighted by molar-refractivity contribution is -0.124. The number of carbonyl (C=O) groups excluding carboxylic acids is 2. The molecule has 7 nitrogen and oxygen atoms in total. The number of nitrogens with one attached hydrogen (secondary N) is 1. The van der Waals surface area contributed by atoms with Gasteiger partial charge in [-0.1, -0.05) is 17.7 Å². The number of fused-ring (bicyclic) bond motifs is 1. The molecule has 0 bridgehead atoms. The van der Waals surface area contributed by atoms with Crippen LogP contribution >= 0.6 is 11.6 Å². The third-order valence-corrected chi connectivity index (χ3v) is 4.35. The summed E-state index contributed by atoms with van der Waals surface area (Å²) in [7, 11) is 0. The molecule has 0 saturated carbocycles. The zero-order valence-corrected chi connectivity index (χ0v) is 15.4. The van der Waals surface area contributed by atoms with Crippen molar-refractivity contribution in [1.82, 2.24) is 5.32 Å². The molecule has 0 aliphatic carbocycles.